The molecule has 0 aromatic heterocycles. The van der Waals surface area contributed by atoms with Gasteiger partial charge in [-0.05, 0) is 36.9 Å². The Kier molecular flexibility index (Phi) is 5.86. The third-order valence-corrected chi connectivity index (χ3v) is 5.35. The van der Waals surface area contributed by atoms with Crippen LogP contribution in [0, 0.1) is 22.0 Å². The van der Waals surface area contributed by atoms with Crippen molar-refractivity contribution in [1.82, 2.24) is 10.6 Å². The normalized spacial score (nSPS) is 24.5. The van der Waals surface area contributed by atoms with Gasteiger partial charge in [0.1, 0.15) is 5.75 Å². The summed E-state index contributed by atoms with van der Waals surface area (Å²) in [6, 6.07) is 5.61. The van der Waals surface area contributed by atoms with Crippen LogP contribution in [0.3, 0.4) is 0 Å². The number of nitrogens with zero attached hydrogens (tertiary/aromatic N) is 1. The van der Waals surface area contributed by atoms with Crippen LogP contribution in [0.4, 0.5) is 10.5 Å². The minimum atomic E-state index is -0.497. The van der Waals surface area contributed by atoms with E-state index in [0.717, 1.165) is 19.5 Å². The number of benzene rings is 1. The lowest BCUT2D eigenvalue weighted by atomic mass is 9.74. The molecular weight excluding hydrogens is 322 g/mol. The molecular formula is C18H25N3O4. The molecule has 1 heterocycles. The molecule has 1 saturated carbocycles. The van der Waals surface area contributed by atoms with Gasteiger partial charge in [-0.25, -0.2) is 4.79 Å². The summed E-state index contributed by atoms with van der Waals surface area (Å²) in [5, 5.41) is 17.0. The van der Waals surface area contributed by atoms with E-state index in [9.17, 15) is 14.9 Å². The number of ether oxygens (including phenoxy) is 1. The number of carbonyl (C=O) groups excluding carboxylic acids is 1. The highest BCUT2D eigenvalue weighted by molar-refractivity contribution is 5.70. The average molecular weight is 347 g/mol. The molecule has 0 bridgehead atoms. The monoisotopic (exact) mass is 347 g/mol. The summed E-state index contributed by atoms with van der Waals surface area (Å²) >= 11 is 0. The Morgan fingerprint density at radius 1 is 1.16 bits per heavy atom. The largest absolute Gasteiger partial charge is 0.412 e. The fraction of sp³-hybridized carbons (Fsp3) is 0.611. The van der Waals surface area contributed by atoms with Crippen LogP contribution in [-0.2, 0) is 0 Å². The lowest BCUT2D eigenvalue weighted by Gasteiger charge is -2.39. The van der Waals surface area contributed by atoms with E-state index in [1.54, 1.807) is 0 Å². The minimum Gasteiger partial charge on any atom is -0.410 e. The summed E-state index contributed by atoms with van der Waals surface area (Å²) < 4.78 is 5.29. The van der Waals surface area contributed by atoms with Gasteiger partial charge in [-0.2, -0.15) is 0 Å². The summed E-state index contributed by atoms with van der Waals surface area (Å²) in [5.41, 5.74) is -0.0263. The predicted molar refractivity (Wildman–Crippen MR) is 93.6 cm³/mol. The van der Waals surface area contributed by atoms with E-state index in [1.807, 2.05) is 0 Å². The zero-order chi connectivity index (χ0) is 17.6. The second-order valence-electron chi connectivity index (χ2n) is 6.95. The standard InChI is InChI=1S/C18H25N3O4/c22-18(25-15-8-6-14(7-9-15)21(23)24)20-17-12-19-11-10-16(17)13-4-2-1-3-5-13/h6-9,13,16-17,19H,1-5,10-12H2,(H,20,22). The number of rotatable bonds is 4. The van der Waals surface area contributed by atoms with Crippen molar-refractivity contribution < 1.29 is 14.5 Å². The summed E-state index contributed by atoms with van der Waals surface area (Å²) in [7, 11) is 0. The second-order valence-corrected chi connectivity index (χ2v) is 6.95. The molecule has 2 atom stereocenters. The zero-order valence-electron chi connectivity index (χ0n) is 14.3. The minimum absolute atomic E-state index is 0.0263. The van der Waals surface area contributed by atoms with Crippen LogP contribution in [0.15, 0.2) is 24.3 Å². The van der Waals surface area contributed by atoms with E-state index < -0.39 is 11.0 Å². The molecule has 2 unspecified atom stereocenters. The summed E-state index contributed by atoms with van der Waals surface area (Å²) in [5.74, 6) is 1.48. The van der Waals surface area contributed by atoms with Gasteiger partial charge in [-0.3, -0.25) is 10.1 Å². The third-order valence-electron chi connectivity index (χ3n) is 5.35. The first-order valence-electron chi connectivity index (χ1n) is 9.07. The average Bonchev–Trinajstić information content (AvgIpc) is 2.63. The quantitative estimate of drug-likeness (QED) is 0.644. The van der Waals surface area contributed by atoms with Crippen molar-refractivity contribution in [3.8, 4) is 5.75 Å². The topological polar surface area (TPSA) is 93.5 Å². The van der Waals surface area contributed by atoms with Crippen LogP contribution in [0.2, 0.25) is 0 Å². The number of non-ortho nitro benzene ring substituents is 1. The lowest BCUT2D eigenvalue weighted by molar-refractivity contribution is -0.384. The van der Waals surface area contributed by atoms with E-state index >= 15 is 0 Å². The predicted octanol–water partition coefficient (Wildman–Crippen LogP) is 3.24. The van der Waals surface area contributed by atoms with Gasteiger partial charge in [-0.1, -0.05) is 32.1 Å². The number of hydrogen-bond donors (Lipinski definition) is 2. The molecule has 7 heteroatoms. The Bertz CT molecular complexity index is 599. The maximum atomic E-state index is 12.2. The molecule has 1 aliphatic carbocycles. The molecule has 1 aromatic carbocycles. The van der Waals surface area contributed by atoms with Gasteiger partial charge in [-0.15, -0.1) is 0 Å². The molecule has 0 spiro atoms. The van der Waals surface area contributed by atoms with Gasteiger partial charge >= 0.3 is 6.09 Å². The highest BCUT2D eigenvalue weighted by atomic mass is 16.6. The maximum Gasteiger partial charge on any atom is 0.412 e. The van der Waals surface area contributed by atoms with E-state index in [1.165, 1.54) is 56.4 Å². The number of amides is 1. The third kappa shape index (κ3) is 4.69. The van der Waals surface area contributed by atoms with Gasteiger partial charge in [0.15, 0.2) is 0 Å². The molecule has 1 aliphatic heterocycles. The Morgan fingerprint density at radius 3 is 2.56 bits per heavy atom. The van der Waals surface area contributed by atoms with Crippen LogP contribution in [0.1, 0.15) is 38.5 Å². The van der Waals surface area contributed by atoms with Crippen molar-refractivity contribution in [2.45, 2.75) is 44.6 Å². The van der Waals surface area contributed by atoms with Gasteiger partial charge in [0.2, 0.25) is 0 Å². The first kappa shape index (κ1) is 17.7. The molecule has 1 saturated heterocycles. The molecule has 1 amide bonds. The van der Waals surface area contributed by atoms with Crippen LogP contribution >= 0.6 is 0 Å². The molecule has 7 nitrogen and oxygen atoms in total. The highest BCUT2D eigenvalue weighted by Gasteiger charge is 2.33. The van der Waals surface area contributed by atoms with Gasteiger partial charge in [0.25, 0.3) is 5.69 Å². The van der Waals surface area contributed by atoms with Crippen molar-refractivity contribution >= 4 is 11.8 Å². The Balaban J connectivity index is 1.57. The van der Waals surface area contributed by atoms with Crippen LogP contribution < -0.4 is 15.4 Å². The van der Waals surface area contributed by atoms with E-state index in [2.05, 4.69) is 10.6 Å². The fourth-order valence-corrected chi connectivity index (χ4v) is 4.09. The lowest BCUT2D eigenvalue weighted by Crippen LogP contribution is -2.53. The first-order valence-corrected chi connectivity index (χ1v) is 9.07. The van der Waals surface area contributed by atoms with Gasteiger partial charge in [0, 0.05) is 24.7 Å². The van der Waals surface area contributed by atoms with Crippen molar-refractivity contribution in [2.75, 3.05) is 13.1 Å². The summed E-state index contributed by atoms with van der Waals surface area (Å²) in [6.45, 7) is 1.76. The number of nitro benzene ring substituents is 1. The van der Waals surface area contributed by atoms with E-state index in [-0.39, 0.29) is 11.7 Å². The van der Waals surface area contributed by atoms with Crippen LogP contribution in [-0.4, -0.2) is 30.1 Å². The number of piperidine rings is 1. The van der Waals surface area contributed by atoms with Gasteiger partial charge in [0.05, 0.1) is 4.92 Å². The Morgan fingerprint density at radius 2 is 1.88 bits per heavy atom. The molecule has 136 valence electrons. The smallest absolute Gasteiger partial charge is 0.410 e. The van der Waals surface area contributed by atoms with Crippen LogP contribution in [0.25, 0.3) is 0 Å². The summed E-state index contributed by atoms with van der Waals surface area (Å²) in [4.78, 5) is 22.4. The van der Waals surface area contributed by atoms with Crippen molar-refractivity contribution in [2.24, 2.45) is 11.8 Å². The Labute approximate surface area is 147 Å². The second kappa shape index (κ2) is 8.29. The van der Waals surface area contributed by atoms with Crippen molar-refractivity contribution in [3.05, 3.63) is 34.4 Å². The van der Waals surface area contributed by atoms with Gasteiger partial charge < -0.3 is 15.4 Å². The molecule has 2 fully saturated rings. The number of hydrogen-bond acceptors (Lipinski definition) is 5. The first-order chi connectivity index (χ1) is 12.1. The number of nitro groups is 1. The molecule has 2 N–H and O–H groups in total. The number of carbonyl (C=O) groups is 1. The van der Waals surface area contributed by atoms with Crippen LogP contribution in [0.5, 0.6) is 5.75 Å². The SMILES string of the molecule is O=C(NC1CNCCC1C1CCCCC1)Oc1ccc([N+](=O)[O-])cc1. The highest BCUT2D eigenvalue weighted by Crippen LogP contribution is 2.34. The maximum absolute atomic E-state index is 12.2. The fourth-order valence-electron chi connectivity index (χ4n) is 4.09. The molecule has 1 aromatic rings. The molecule has 25 heavy (non-hydrogen) atoms. The van der Waals surface area contributed by atoms with E-state index in [4.69, 9.17) is 4.74 Å². The molecule has 0 radical (unpaired) electrons. The Hall–Kier alpha value is -2.15. The van der Waals surface area contributed by atoms with E-state index in [0.29, 0.717) is 17.6 Å². The van der Waals surface area contributed by atoms with Crippen molar-refractivity contribution in [3.63, 3.8) is 0 Å². The zero-order valence-corrected chi connectivity index (χ0v) is 14.3. The molecule has 2 aliphatic rings. The summed E-state index contributed by atoms with van der Waals surface area (Å²) in [6.07, 6.45) is 6.97. The molecule has 3 rings (SSSR count). The number of nitrogens with one attached hydrogen (secondary N) is 2. The van der Waals surface area contributed by atoms with Crippen molar-refractivity contribution in [1.29, 1.82) is 0 Å².